The predicted molar refractivity (Wildman–Crippen MR) is 143 cm³/mol. The molecule has 200 valence electrons. The fourth-order valence-corrected chi connectivity index (χ4v) is 6.63. The summed E-state index contributed by atoms with van der Waals surface area (Å²) in [6.45, 7) is 14.4. The Balaban J connectivity index is 1.83. The van der Waals surface area contributed by atoms with Crippen molar-refractivity contribution in [3.8, 4) is 0 Å². The lowest BCUT2D eigenvalue weighted by atomic mass is 10.1. The van der Waals surface area contributed by atoms with Gasteiger partial charge in [-0.3, -0.25) is 9.46 Å². The van der Waals surface area contributed by atoms with E-state index in [1.54, 1.807) is 11.8 Å². The van der Waals surface area contributed by atoms with Crippen LogP contribution in [0, 0.1) is 0 Å². The van der Waals surface area contributed by atoms with Crippen molar-refractivity contribution in [1.82, 2.24) is 15.1 Å². The van der Waals surface area contributed by atoms with Gasteiger partial charge in [0.2, 0.25) is 0 Å². The maximum atomic E-state index is 12.8. The maximum absolute atomic E-state index is 12.8. The number of thioether (sulfide) groups is 1. The Labute approximate surface area is 216 Å². The molecule has 1 atom stereocenters. The molecule has 0 radical (unpaired) electrons. The molecular weight excluding hydrogens is 485 g/mol. The second-order valence-corrected chi connectivity index (χ2v) is 12.8. The van der Waals surface area contributed by atoms with E-state index in [2.05, 4.69) is 27.2 Å². The SMILES string of the molecule is CCOP(=O)(CN1CCN(CC[C@H](CCSc2ccccc2)NC(=O)OC(C)(C)C)CC1)OCC. The highest BCUT2D eigenvalue weighted by molar-refractivity contribution is 7.99. The minimum Gasteiger partial charge on any atom is -0.444 e. The Hall–Kier alpha value is -1.09. The number of rotatable bonds is 14. The van der Waals surface area contributed by atoms with E-state index < -0.39 is 13.2 Å². The Morgan fingerprint density at radius 1 is 1.03 bits per heavy atom. The van der Waals surface area contributed by atoms with E-state index >= 15 is 0 Å². The van der Waals surface area contributed by atoms with Crippen molar-refractivity contribution in [2.75, 3.05) is 58.0 Å². The molecule has 2 rings (SSSR count). The number of carbonyl (C=O) groups excluding carboxylic acids is 1. The fourth-order valence-electron chi connectivity index (χ4n) is 3.85. The van der Waals surface area contributed by atoms with Crippen LogP contribution in [0.4, 0.5) is 4.79 Å². The van der Waals surface area contributed by atoms with Gasteiger partial charge in [-0.2, -0.15) is 0 Å². The summed E-state index contributed by atoms with van der Waals surface area (Å²) >= 11 is 1.80. The summed E-state index contributed by atoms with van der Waals surface area (Å²) in [5, 5.41) is 3.09. The lowest BCUT2D eigenvalue weighted by Gasteiger charge is -2.36. The molecule has 0 unspecified atom stereocenters. The minimum absolute atomic E-state index is 0.0372. The van der Waals surface area contributed by atoms with Gasteiger partial charge in [0.1, 0.15) is 11.9 Å². The van der Waals surface area contributed by atoms with Crippen LogP contribution in [0.3, 0.4) is 0 Å². The van der Waals surface area contributed by atoms with E-state index in [-0.39, 0.29) is 12.1 Å². The highest BCUT2D eigenvalue weighted by Gasteiger charge is 2.29. The van der Waals surface area contributed by atoms with Crippen molar-refractivity contribution in [2.45, 2.75) is 64.0 Å². The number of nitrogens with one attached hydrogen (secondary N) is 1. The lowest BCUT2D eigenvalue weighted by Crippen LogP contribution is -2.48. The van der Waals surface area contributed by atoms with Gasteiger partial charge in [0, 0.05) is 43.7 Å². The standard InChI is InChI=1S/C25H44N3O5PS/c1-6-31-34(30,32-7-2)21-28-18-16-27(17-19-28)15-13-22(26-24(29)33-25(3,4)5)14-20-35-23-11-9-8-10-12-23/h8-12,22H,6-7,13-21H2,1-5H3,(H,26,29)/t22-/m1/s1. The molecule has 0 spiro atoms. The number of alkyl carbamates (subject to hydrolysis) is 1. The van der Waals surface area contributed by atoms with Gasteiger partial charge in [0.15, 0.2) is 0 Å². The number of ether oxygens (including phenoxy) is 1. The summed E-state index contributed by atoms with van der Waals surface area (Å²) in [6, 6.07) is 10.4. The number of amides is 1. The van der Waals surface area contributed by atoms with Crippen LogP contribution in [0.1, 0.15) is 47.5 Å². The molecule has 1 N–H and O–H groups in total. The van der Waals surface area contributed by atoms with E-state index in [4.69, 9.17) is 13.8 Å². The first kappa shape index (κ1) is 30.1. The summed E-state index contributed by atoms with van der Waals surface area (Å²) in [6.07, 6.45) is 1.69. The molecule has 10 heteroatoms. The molecule has 8 nitrogen and oxygen atoms in total. The molecule has 1 aliphatic rings. The van der Waals surface area contributed by atoms with Gasteiger partial charge < -0.3 is 24.0 Å². The fraction of sp³-hybridized carbons (Fsp3) is 0.720. The zero-order valence-electron chi connectivity index (χ0n) is 22.0. The molecule has 0 aliphatic carbocycles. The van der Waals surface area contributed by atoms with Crippen LogP contribution in [0.25, 0.3) is 0 Å². The van der Waals surface area contributed by atoms with E-state index in [1.165, 1.54) is 4.90 Å². The first-order chi connectivity index (χ1) is 16.6. The first-order valence-corrected chi connectivity index (χ1v) is 15.3. The van der Waals surface area contributed by atoms with Gasteiger partial charge in [-0.15, -0.1) is 11.8 Å². The summed E-state index contributed by atoms with van der Waals surface area (Å²) in [7, 11) is -3.07. The van der Waals surface area contributed by atoms with E-state index in [0.717, 1.165) is 51.3 Å². The highest BCUT2D eigenvalue weighted by Crippen LogP contribution is 2.48. The third-order valence-electron chi connectivity index (χ3n) is 5.48. The predicted octanol–water partition coefficient (Wildman–Crippen LogP) is 5.29. The van der Waals surface area contributed by atoms with Crippen LogP contribution in [0.15, 0.2) is 35.2 Å². The Bertz CT molecular complexity index is 775. The number of hydrogen-bond donors (Lipinski definition) is 1. The monoisotopic (exact) mass is 529 g/mol. The van der Waals surface area contributed by atoms with Gasteiger partial charge in [-0.05, 0) is 65.3 Å². The van der Waals surface area contributed by atoms with Crippen LogP contribution in [-0.2, 0) is 18.3 Å². The Kier molecular flexibility index (Phi) is 13.1. The number of benzene rings is 1. The average Bonchev–Trinajstić information content (AvgIpc) is 2.78. The second kappa shape index (κ2) is 15.2. The van der Waals surface area contributed by atoms with Crippen molar-refractivity contribution in [3.63, 3.8) is 0 Å². The second-order valence-electron chi connectivity index (χ2n) is 9.63. The van der Waals surface area contributed by atoms with Gasteiger partial charge in [-0.25, -0.2) is 4.79 Å². The third kappa shape index (κ3) is 12.6. The van der Waals surface area contributed by atoms with Crippen LogP contribution in [-0.4, -0.2) is 85.5 Å². The molecule has 1 aliphatic heterocycles. The highest BCUT2D eigenvalue weighted by atomic mass is 32.2. The lowest BCUT2D eigenvalue weighted by molar-refractivity contribution is 0.0495. The first-order valence-electron chi connectivity index (χ1n) is 12.6. The molecule has 1 heterocycles. The van der Waals surface area contributed by atoms with Gasteiger partial charge in [0.05, 0.1) is 13.2 Å². The number of nitrogens with zero attached hydrogens (tertiary/aromatic N) is 2. The summed E-state index contributed by atoms with van der Waals surface area (Å²) < 4.78 is 29.2. The van der Waals surface area contributed by atoms with E-state index in [0.29, 0.717) is 19.5 Å². The normalized spacial score (nSPS) is 16.7. The molecule has 1 aromatic carbocycles. The summed E-state index contributed by atoms with van der Waals surface area (Å²) in [5.41, 5.74) is -0.522. The van der Waals surface area contributed by atoms with Gasteiger partial charge in [-0.1, -0.05) is 18.2 Å². The topological polar surface area (TPSA) is 80.3 Å². The number of hydrogen-bond acceptors (Lipinski definition) is 8. The van der Waals surface area contributed by atoms with Crippen molar-refractivity contribution >= 4 is 25.5 Å². The summed E-state index contributed by atoms with van der Waals surface area (Å²) in [4.78, 5) is 18.2. The van der Waals surface area contributed by atoms with Crippen LogP contribution in [0.5, 0.6) is 0 Å². The summed E-state index contributed by atoms with van der Waals surface area (Å²) in [5.74, 6) is 0.919. The van der Waals surface area contributed by atoms with Crippen molar-refractivity contribution in [3.05, 3.63) is 30.3 Å². The average molecular weight is 530 g/mol. The zero-order valence-corrected chi connectivity index (χ0v) is 23.7. The Morgan fingerprint density at radius 2 is 1.63 bits per heavy atom. The molecule has 0 bridgehead atoms. The van der Waals surface area contributed by atoms with Crippen molar-refractivity contribution < 1.29 is 23.1 Å². The van der Waals surface area contributed by atoms with E-state index in [9.17, 15) is 9.36 Å². The quantitative estimate of drug-likeness (QED) is 0.257. The molecule has 0 saturated carbocycles. The molecule has 1 saturated heterocycles. The van der Waals surface area contributed by atoms with Gasteiger partial charge in [0.25, 0.3) is 0 Å². The maximum Gasteiger partial charge on any atom is 0.407 e. The molecule has 1 fully saturated rings. The molecule has 1 amide bonds. The molecule has 0 aromatic heterocycles. The number of carbonyl (C=O) groups is 1. The van der Waals surface area contributed by atoms with Crippen LogP contribution >= 0.6 is 19.4 Å². The Morgan fingerprint density at radius 3 is 2.20 bits per heavy atom. The number of piperazine rings is 1. The van der Waals surface area contributed by atoms with Crippen LogP contribution < -0.4 is 5.32 Å². The molecule has 35 heavy (non-hydrogen) atoms. The minimum atomic E-state index is -3.07. The smallest absolute Gasteiger partial charge is 0.407 e. The van der Waals surface area contributed by atoms with Crippen molar-refractivity contribution in [1.29, 1.82) is 0 Å². The molecular formula is C25H44N3O5PS. The van der Waals surface area contributed by atoms with Crippen LogP contribution in [0.2, 0.25) is 0 Å². The largest absolute Gasteiger partial charge is 0.444 e. The van der Waals surface area contributed by atoms with E-state index in [1.807, 2.05) is 52.8 Å². The third-order valence-corrected chi connectivity index (χ3v) is 8.58. The van der Waals surface area contributed by atoms with Gasteiger partial charge >= 0.3 is 13.7 Å². The zero-order chi connectivity index (χ0) is 25.7. The van der Waals surface area contributed by atoms with Crippen molar-refractivity contribution in [2.24, 2.45) is 0 Å². The molecule has 1 aromatic rings.